The van der Waals surface area contributed by atoms with Crippen LogP contribution in [0.1, 0.15) is 16.7 Å². The van der Waals surface area contributed by atoms with Crippen molar-refractivity contribution in [3.63, 3.8) is 0 Å². The van der Waals surface area contributed by atoms with Crippen LogP contribution >= 0.6 is 0 Å². The molecule has 0 N–H and O–H groups in total. The highest BCUT2D eigenvalue weighted by Crippen LogP contribution is 2.22. The van der Waals surface area contributed by atoms with Gasteiger partial charge in [0.05, 0.1) is 0 Å². The fourth-order valence-corrected chi connectivity index (χ4v) is 2.68. The SMILES string of the molecule is C=C(OS(=O)(=O)c1ccc(C)cc1)c1cccc(C)c1. The van der Waals surface area contributed by atoms with Crippen LogP contribution in [0.25, 0.3) is 5.76 Å². The van der Waals surface area contributed by atoms with E-state index >= 15 is 0 Å². The molecule has 104 valence electrons. The number of hydrogen-bond donors (Lipinski definition) is 0. The molecule has 0 radical (unpaired) electrons. The highest BCUT2D eigenvalue weighted by Gasteiger charge is 2.17. The molecule has 0 aliphatic carbocycles. The maximum atomic E-state index is 12.1. The van der Waals surface area contributed by atoms with Crippen LogP contribution in [-0.4, -0.2) is 8.42 Å². The predicted molar refractivity (Wildman–Crippen MR) is 79.7 cm³/mol. The summed E-state index contributed by atoms with van der Waals surface area (Å²) in [6.45, 7) is 7.51. The van der Waals surface area contributed by atoms with Gasteiger partial charge in [-0.1, -0.05) is 48.0 Å². The van der Waals surface area contributed by atoms with Crippen molar-refractivity contribution in [2.45, 2.75) is 18.7 Å². The van der Waals surface area contributed by atoms with E-state index in [1.54, 1.807) is 18.2 Å². The summed E-state index contributed by atoms with van der Waals surface area (Å²) in [5.41, 5.74) is 2.65. The first-order valence-corrected chi connectivity index (χ1v) is 7.56. The lowest BCUT2D eigenvalue weighted by molar-refractivity contribution is 0.464. The Morgan fingerprint density at radius 3 is 2.25 bits per heavy atom. The van der Waals surface area contributed by atoms with Crippen molar-refractivity contribution in [2.75, 3.05) is 0 Å². The zero-order chi connectivity index (χ0) is 14.8. The van der Waals surface area contributed by atoms with Crippen LogP contribution in [-0.2, 0) is 14.3 Å². The fraction of sp³-hybridized carbons (Fsp3) is 0.125. The Bertz CT molecular complexity index is 729. The molecule has 0 fully saturated rings. The van der Waals surface area contributed by atoms with Gasteiger partial charge in [-0.3, -0.25) is 0 Å². The largest absolute Gasteiger partial charge is 0.379 e. The average Bonchev–Trinajstić information content (AvgIpc) is 2.38. The maximum Gasteiger partial charge on any atom is 0.339 e. The first kappa shape index (κ1) is 14.3. The summed E-state index contributed by atoms with van der Waals surface area (Å²) in [5, 5.41) is 0. The van der Waals surface area contributed by atoms with E-state index in [0.29, 0.717) is 5.56 Å². The summed E-state index contributed by atoms with van der Waals surface area (Å²) in [6.07, 6.45) is 0. The third-order valence-electron chi connectivity index (χ3n) is 2.86. The van der Waals surface area contributed by atoms with Crippen molar-refractivity contribution in [3.8, 4) is 0 Å². The van der Waals surface area contributed by atoms with Crippen LogP contribution in [0.2, 0.25) is 0 Å². The molecule has 0 saturated heterocycles. The van der Waals surface area contributed by atoms with E-state index in [1.165, 1.54) is 12.1 Å². The third kappa shape index (κ3) is 3.27. The van der Waals surface area contributed by atoms with E-state index in [9.17, 15) is 8.42 Å². The molecular weight excluding hydrogens is 272 g/mol. The summed E-state index contributed by atoms with van der Waals surface area (Å²) < 4.78 is 29.3. The van der Waals surface area contributed by atoms with E-state index in [0.717, 1.165) is 11.1 Å². The van der Waals surface area contributed by atoms with Crippen LogP contribution < -0.4 is 0 Å². The van der Waals surface area contributed by atoms with Gasteiger partial charge >= 0.3 is 10.1 Å². The van der Waals surface area contributed by atoms with E-state index < -0.39 is 10.1 Å². The number of benzene rings is 2. The molecule has 0 unspecified atom stereocenters. The Morgan fingerprint density at radius 2 is 1.65 bits per heavy atom. The lowest BCUT2D eigenvalue weighted by atomic mass is 10.1. The van der Waals surface area contributed by atoms with Crippen LogP contribution in [0.5, 0.6) is 0 Å². The zero-order valence-electron chi connectivity index (χ0n) is 11.5. The van der Waals surface area contributed by atoms with E-state index in [2.05, 4.69) is 6.58 Å². The van der Waals surface area contributed by atoms with E-state index in [-0.39, 0.29) is 10.7 Å². The summed E-state index contributed by atoms with van der Waals surface area (Å²) in [5.74, 6) is 0.120. The minimum atomic E-state index is -3.84. The summed E-state index contributed by atoms with van der Waals surface area (Å²) in [6, 6.07) is 13.8. The normalized spacial score (nSPS) is 11.1. The molecule has 0 saturated carbocycles. The number of hydrogen-bond acceptors (Lipinski definition) is 3. The van der Waals surface area contributed by atoms with E-state index in [4.69, 9.17) is 4.18 Å². The van der Waals surface area contributed by atoms with E-state index in [1.807, 2.05) is 32.0 Å². The van der Waals surface area contributed by atoms with Gasteiger partial charge in [-0.05, 0) is 32.0 Å². The highest BCUT2D eigenvalue weighted by atomic mass is 32.2. The summed E-state index contributed by atoms with van der Waals surface area (Å²) in [4.78, 5) is 0.122. The van der Waals surface area contributed by atoms with Crippen LogP contribution in [0.4, 0.5) is 0 Å². The van der Waals surface area contributed by atoms with Gasteiger partial charge in [0, 0.05) is 5.56 Å². The molecular formula is C16H16O3S. The molecule has 2 rings (SSSR count). The minimum Gasteiger partial charge on any atom is -0.379 e. The maximum absolute atomic E-state index is 12.1. The second-order valence-electron chi connectivity index (χ2n) is 4.64. The Kier molecular flexibility index (Phi) is 3.95. The van der Waals surface area contributed by atoms with Crippen LogP contribution in [0, 0.1) is 13.8 Å². The van der Waals surface area contributed by atoms with Gasteiger partial charge < -0.3 is 4.18 Å². The monoisotopic (exact) mass is 288 g/mol. The quantitative estimate of drug-likeness (QED) is 0.636. The minimum absolute atomic E-state index is 0.120. The Morgan fingerprint density at radius 1 is 1.00 bits per heavy atom. The van der Waals surface area contributed by atoms with Gasteiger partial charge in [0.15, 0.2) is 0 Å². The molecule has 0 spiro atoms. The van der Waals surface area contributed by atoms with Crippen LogP contribution in [0.3, 0.4) is 0 Å². The van der Waals surface area contributed by atoms with Crippen molar-refractivity contribution in [1.29, 1.82) is 0 Å². The molecule has 0 aromatic heterocycles. The lowest BCUT2D eigenvalue weighted by Gasteiger charge is -2.10. The Labute approximate surface area is 119 Å². The molecule has 0 atom stereocenters. The van der Waals surface area contributed by atoms with Crippen molar-refractivity contribution in [3.05, 3.63) is 71.8 Å². The molecule has 0 heterocycles. The standard InChI is InChI=1S/C16H16O3S/c1-12-7-9-16(10-8-12)20(17,18)19-14(3)15-6-4-5-13(2)11-15/h4-11H,3H2,1-2H3. The second-order valence-corrected chi connectivity index (χ2v) is 6.19. The topological polar surface area (TPSA) is 43.4 Å². The van der Waals surface area contributed by atoms with Crippen molar-refractivity contribution < 1.29 is 12.6 Å². The van der Waals surface area contributed by atoms with Gasteiger partial charge in [-0.25, -0.2) is 0 Å². The molecule has 0 aliphatic heterocycles. The van der Waals surface area contributed by atoms with Gasteiger partial charge in [0.1, 0.15) is 10.7 Å². The smallest absolute Gasteiger partial charge is 0.339 e. The summed E-state index contributed by atoms with van der Waals surface area (Å²) >= 11 is 0. The molecule has 3 nitrogen and oxygen atoms in total. The molecule has 0 amide bonds. The van der Waals surface area contributed by atoms with Crippen molar-refractivity contribution in [2.24, 2.45) is 0 Å². The van der Waals surface area contributed by atoms with Crippen molar-refractivity contribution in [1.82, 2.24) is 0 Å². The second kappa shape index (κ2) is 5.51. The third-order valence-corrected chi connectivity index (χ3v) is 4.13. The van der Waals surface area contributed by atoms with Gasteiger partial charge in [0.25, 0.3) is 0 Å². The Balaban J connectivity index is 2.24. The average molecular weight is 288 g/mol. The van der Waals surface area contributed by atoms with Gasteiger partial charge in [-0.15, -0.1) is 0 Å². The van der Waals surface area contributed by atoms with Crippen LogP contribution in [0.15, 0.2) is 60.0 Å². The molecule has 2 aromatic rings. The molecule has 0 aliphatic rings. The first-order valence-electron chi connectivity index (χ1n) is 6.15. The van der Waals surface area contributed by atoms with Gasteiger partial charge in [-0.2, -0.15) is 8.42 Å². The zero-order valence-corrected chi connectivity index (χ0v) is 12.3. The Hall–Kier alpha value is -2.07. The molecule has 2 aromatic carbocycles. The lowest BCUT2D eigenvalue weighted by Crippen LogP contribution is -2.05. The highest BCUT2D eigenvalue weighted by molar-refractivity contribution is 7.87. The van der Waals surface area contributed by atoms with Gasteiger partial charge in [0.2, 0.25) is 0 Å². The first-order chi connectivity index (χ1) is 9.38. The number of rotatable bonds is 4. The molecule has 0 bridgehead atoms. The molecule has 20 heavy (non-hydrogen) atoms. The van der Waals surface area contributed by atoms with Crippen molar-refractivity contribution >= 4 is 15.9 Å². The number of aryl methyl sites for hydroxylation is 2. The fourth-order valence-electron chi connectivity index (χ4n) is 1.75. The summed E-state index contributed by atoms with van der Waals surface area (Å²) in [7, 11) is -3.84. The molecule has 4 heteroatoms. The predicted octanol–water partition coefficient (Wildman–Crippen LogP) is 3.68.